The van der Waals surface area contributed by atoms with E-state index in [0.29, 0.717) is 5.69 Å². The van der Waals surface area contributed by atoms with Crippen molar-refractivity contribution in [1.29, 1.82) is 5.26 Å². The van der Waals surface area contributed by atoms with E-state index in [9.17, 15) is 5.26 Å². The summed E-state index contributed by atoms with van der Waals surface area (Å²) in [6.07, 6.45) is 5.88. The number of imidazole rings is 1. The molecule has 6 rings (SSSR count). The number of ether oxygens (including phenoxy) is 1. The van der Waals surface area contributed by atoms with Crippen LogP contribution in [0.1, 0.15) is 23.7 Å². The summed E-state index contributed by atoms with van der Waals surface area (Å²) in [5.41, 5.74) is 7.54. The first kappa shape index (κ1) is 20.9. The van der Waals surface area contributed by atoms with Gasteiger partial charge in [-0.05, 0) is 42.3 Å². The number of aromatic nitrogens is 4. The third kappa shape index (κ3) is 3.73. The highest BCUT2D eigenvalue weighted by atomic mass is 16.5. The van der Waals surface area contributed by atoms with Gasteiger partial charge in [0.1, 0.15) is 11.8 Å². The van der Waals surface area contributed by atoms with Crippen molar-refractivity contribution in [3.8, 4) is 17.3 Å². The Labute approximate surface area is 198 Å². The van der Waals surface area contributed by atoms with Crippen molar-refractivity contribution in [2.45, 2.75) is 32.2 Å². The number of morpholine rings is 1. The number of hydrogen-bond acceptors (Lipinski definition) is 6. The zero-order valence-corrected chi connectivity index (χ0v) is 19.4. The summed E-state index contributed by atoms with van der Waals surface area (Å²) in [5.74, 6) is 0. The third-order valence-electron chi connectivity index (χ3n) is 6.77. The Hall–Kier alpha value is -3.67. The molecule has 5 heterocycles. The number of nitriles is 1. The summed E-state index contributed by atoms with van der Waals surface area (Å²) in [6.45, 7) is 6.50. The summed E-state index contributed by atoms with van der Waals surface area (Å²) in [4.78, 5) is 9.35. The predicted octanol–water partition coefficient (Wildman–Crippen LogP) is 3.22. The molecule has 2 aliphatic rings. The van der Waals surface area contributed by atoms with Gasteiger partial charge in [0.15, 0.2) is 0 Å². The van der Waals surface area contributed by atoms with Crippen molar-refractivity contribution in [3.63, 3.8) is 0 Å². The van der Waals surface area contributed by atoms with E-state index in [1.165, 1.54) is 16.7 Å². The zero-order chi connectivity index (χ0) is 23.2. The topological polar surface area (TPSA) is 74.6 Å². The van der Waals surface area contributed by atoms with Gasteiger partial charge in [0.2, 0.25) is 0 Å². The largest absolute Gasteiger partial charge is 0.370 e. The number of fused-ring (bicyclic) bond motifs is 2. The maximum absolute atomic E-state index is 9.40. The van der Waals surface area contributed by atoms with Crippen molar-refractivity contribution in [1.82, 2.24) is 24.1 Å². The molecular weight excluding hydrogens is 426 g/mol. The molecule has 172 valence electrons. The Morgan fingerprint density at radius 2 is 2.00 bits per heavy atom. The minimum Gasteiger partial charge on any atom is -0.370 e. The lowest BCUT2D eigenvalue weighted by Crippen LogP contribution is -2.50. The number of anilines is 1. The summed E-state index contributed by atoms with van der Waals surface area (Å²) in [5, 5.41) is 13.7. The molecule has 2 atom stereocenters. The van der Waals surface area contributed by atoms with Gasteiger partial charge >= 0.3 is 0 Å². The third-order valence-corrected chi connectivity index (χ3v) is 6.77. The quantitative estimate of drug-likeness (QED) is 0.472. The molecule has 0 unspecified atom stereocenters. The number of pyridine rings is 1. The number of rotatable bonds is 4. The molecular formula is C26H27N7O. The highest BCUT2D eigenvalue weighted by molar-refractivity contribution is 5.74. The molecule has 0 N–H and O–H groups in total. The molecule has 3 aromatic heterocycles. The Kier molecular flexibility index (Phi) is 5.09. The molecule has 0 radical (unpaired) electrons. The van der Waals surface area contributed by atoms with Crippen LogP contribution in [0.5, 0.6) is 0 Å². The van der Waals surface area contributed by atoms with E-state index in [0.717, 1.165) is 49.6 Å². The fourth-order valence-electron chi connectivity index (χ4n) is 5.30. The van der Waals surface area contributed by atoms with Gasteiger partial charge in [-0.1, -0.05) is 12.1 Å². The molecule has 0 bridgehead atoms. The molecule has 0 saturated carbocycles. The second-order valence-corrected chi connectivity index (χ2v) is 9.40. The molecule has 1 saturated heterocycles. The molecule has 1 aromatic carbocycles. The van der Waals surface area contributed by atoms with Crippen molar-refractivity contribution in [3.05, 3.63) is 71.9 Å². The molecule has 0 amide bonds. The average molecular weight is 454 g/mol. The molecule has 8 nitrogen and oxygen atoms in total. The summed E-state index contributed by atoms with van der Waals surface area (Å²) >= 11 is 0. The van der Waals surface area contributed by atoms with Crippen molar-refractivity contribution >= 4 is 11.2 Å². The van der Waals surface area contributed by atoms with Gasteiger partial charge in [-0.25, -0.2) is 9.50 Å². The van der Waals surface area contributed by atoms with Crippen LogP contribution >= 0.6 is 0 Å². The van der Waals surface area contributed by atoms with Crippen LogP contribution in [-0.4, -0.2) is 55.9 Å². The molecule has 2 aliphatic heterocycles. The van der Waals surface area contributed by atoms with Crippen LogP contribution in [0, 0.1) is 11.3 Å². The van der Waals surface area contributed by atoms with E-state index in [4.69, 9.17) is 4.74 Å². The molecule has 4 aromatic rings. The minimum absolute atomic E-state index is 0.104. The van der Waals surface area contributed by atoms with Gasteiger partial charge < -0.3 is 14.2 Å². The van der Waals surface area contributed by atoms with E-state index in [2.05, 4.69) is 57.3 Å². The Morgan fingerprint density at radius 1 is 1.12 bits per heavy atom. The molecule has 34 heavy (non-hydrogen) atoms. The predicted molar refractivity (Wildman–Crippen MR) is 129 cm³/mol. The first-order valence-electron chi connectivity index (χ1n) is 11.7. The van der Waals surface area contributed by atoms with E-state index >= 15 is 0 Å². The maximum atomic E-state index is 9.40. The Balaban J connectivity index is 1.18. The smallest absolute Gasteiger partial charge is 0.142 e. The lowest BCUT2D eigenvalue weighted by Gasteiger charge is -2.39. The summed E-state index contributed by atoms with van der Waals surface area (Å²) in [6, 6.07) is 14.8. The van der Waals surface area contributed by atoms with E-state index in [-0.39, 0.29) is 12.2 Å². The number of benzene rings is 1. The fraction of sp³-hybridized carbons (Fsp3) is 0.346. The average Bonchev–Trinajstić information content (AvgIpc) is 3.56. The van der Waals surface area contributed by atoms with Gasteiger partial charge in [-0.2, -0.15) is 10.4 Å². The second kappa shape index (κ2) is 8.28. The van der Waals surface area contributed by atoms with Crippen LogP contribution in [0.3, 0.4) is 0 Å². The second-order valence-electron chi connectivity index (χ2n) is 9.40. The van der Waals surface area contributed by atoms with Crippen LogP contribution < -0.4 is 4.90 Å². The number of hydrogen-bond donors (Lipinski definition) is 0. The zero-order valence-electron chi connectivity index (χ0n) is 19.4. The number of nitrogens with zero attached hydrogens (tertiary/aromatic N) is 7. The van der Waals surface area contributed by atoms with E-state index < -0.39 is 0 Å². The first-order chi connectivity index (χ1) is 16.6. The van der Waals surface area contributed by atoms with E-state index in [1.54, 1.807) is 10.7 Å². The lowest BCUT2D eigenvalue weighted by atomic mass is 10.1. The monoisotopic (exact) mass is 453 g/mol. The van der Waals surface area contributed by atoms with Crippen LogP contribution in [-0.2, 0) is 24.9 Å². The first-order valence-corrected chi connectivity index (χ1v) is 11.7. The van der Waals surface area contributed by atoms with Gasteiger partial charge in [0.05, 0.1) is 41.6 Å². The molecule has 0 spiro atoms. The highest BCUT2D eigenvalue weighted by Gasteiger charge is 2.30. The van der Waals surface area contributed by atoms with Gasteiger partial charge in [0, 0.05) is 51.5 Å². The van der Waals surface area contributed by atoms with Gasteiger partial charge in [-0.3, -0.25) is 4.90 Å². The fourth-order valence-corrected chi connectivity index (χ4v) is 5.30. The highest BCUT2D eigenvalue weighted by Crippen LogP contribution is 2.30. The summed E-state index contributed by atoms with van der Waals surface area (Å²) in [7, 11) is 2.00. The molecule has 0 aliphatic carbocycles. The van der Waals surface area contributed by atoms with E-state index in [1.807, 2.05) is 36.1 Å². The molecule has 1 fully saturated rings. The normalized spacial score (nSPS) is 20.6. The maximum Gasteiger partial charge on any atom is 0.142 e. The van der Waals surface area contributed by atoms with Crippen molar-refractivity contribution in [2.24, 2.45) is 7.05 Å². The van der Waals surface area contributed by atoms with Crippen molar-refractivity contribution in [2.75, 3.05) is 24.5 Å². The minimum atomic E-state index is 0.104. The van der Waals surface area contributed by atoms with Gasteiger partial charge in [0.25, 0.3) is 0 Å². The SMILES string of the molecule is C[C@@H]1CN(c2ccc(C#N)n3nccc23)C[C@H](CN2Cc3ccc(-c4cn(C)cn4)cc3C2)O1. The number of aryl methyl sites for hydroxylation is 1. The molecule has 8 heteroatoms. The summed E-state index contributed by atoms with van der Waals surface area (Å²) < 4.78 is 10.1. The van der Waals surface area contributed by atoms with Gasteiger partial charge in [-0.15, -0.1) is 0 Å². The Morgan fingerprint density at radius 3 is 2.82 bits per heavy atom. The van der Waals surface area contributed by atoms with Crippen LogP contribution in [0.2, 0.25) is 0 Å². The van der Waals surface area contributed by atoms with Crippen LogP contribution in [0.15, 0.2) is 55.1 Å². The lowest BCUT2D eigenvalue weighted by molar-refractivity contribution is -0.0329. The van der Waals surface area contributed by atoms with Crippen LogP contribution in [0.25, 0.3) is 16.8 Å². The Bertz CT molecular complexity index is 1400. The standard InChI is InChI=1S/C26H27N7O/c1-18-11-32(25-6-5-22(10-27)33-26(25)7-8-29-33)15-23(34-18)14-31-12-20-4-3-19(9-21(20)13-31)24-16-30(2)17-28-24/h3-9,16-18,23H,11-15H2,1-2H3/t18-,23+/m1/s1. The van der Waals surface area contributed by atoms with Crippen molar-refractivity contribution < 1.29 is 4.74 Å². The van der Waals surface area contributed by atoms with Crippen LogP contribution in [0.4, 0.5) is 5.69 Å².